The van der Waals surface area contributed by atoms with Crippen LogP contribution in [-0.2, 0) is 4.79 Å². The van der Waals surface area contributed by atoms with Crippen LogP contribution >= 0.6 is 0 Å². The van der Waals surface area contributed by atoms with Gasteiger partial charge in [0.05, 0.1) is 20.8 Å². The van der Waals surface area contributed by atoms with Gasteiger partial charge in [0.25, 0.3) is 5.91 Å². The first kappa shape index (κ1) is 21.8. The number of carbonyl (C=O) groups excluding carboxylic acids is 1. The summed E-state index contributed by atoms with van der Waals surface area (Å²) < 4.78 is 16.3. The summed E-state index contributed by atoms with van der Waals surface area (Å²) >= 11 is 0. The third kappa shape index (κ3) is 6.58. The van der Waals surface area contributed by atoms with Crippen molar-refractivity contribution in [2.24, 2.45) is 5.92 Å². The maximum Gasteiger partial charge on any atom is 0.266 e. The molecular weight excluding hydrogens is 368 g/mol. The lowest BCUT2D eigenvalue weighted by molar-refractivity contribution is -0.112. The van der Waals surface area contributed by atoms with E-state index in [9.17, 15) is 10.1 Å². The van der Waals surface area contributed by atoms with Gasteiger partial charge in [-0.3, -0.25) is 4.79 Å². The van der Waals surface area contributed by atoms with Crippen LogP contribution in [0.1, 0.15) is 25.8 Å². The van der Waals surface area contributed by atoms with Gasteiger partial charge in [-0.15, -0.1) is 0 Å². The molecule has 29 heavy (non-hydrogen) atoms. The fourth-order valence-electron chi connectivity index (χ4n) is 2.51. The van der Waals surface area contributed by atoms with Crippen LogP contribution in [0, 0.1) is 17.2 Å². The average molecular weight is 394 g/mol. The Morgan fingerprint density at radius 2 is 1.93 bits per heavy atom. The van der Waals surface area contributed by atoms with Crippen molar-refractivity contribution >= 4 is 17.7 Å². The van der Waals surface area contributed by atoms with E-state index < -0.39 is 5.91 Å². The Balaban J connectivity index is 2.16. The Bertz CT molecular complexity index is 913. The maximum atomic E-state index is 12.5. The average Bonchev–Trinajstić information content (AvgIpc) is 2.72. The Morgan fingerprint density at radius 1 is 1.14 bits per heavy atom. The lowest BCUT2D eigenvalue weighted by Crippen LogP contribution is -2.13. The van der Waals surface area contributed by atoms with Gasteiger partial charge in [0.15, 0.2) is 11.5 Å². The van der Waals surface area contributed by atoms with Crippen molar-refractivity contribution in [3.8, 4) is 23.3 Å². The number of nitrogens with zero attached hydrogens (tertiary/aromatic N) is 1. The van der Waals surface area contributed by atoms with Crippen molar-refractivity contribution < 1.29 is 19.0 Å². The van der Waals surface area contributed by atoms with Gasteiger partial charge < -0.3 is 19.5 Å². The molecule has 0 unspecified atom stereocenters. The maximum absolute atomic E-state index is 12.5. The second-order valence-corrected chi connectivity index (χ2v) is 6.80. The number of carbonyl (C=O) groups is 1. The van der Waals surface area contributed by atoms with Gasteiger partial charge in [-0.05, 0) is 48.2 Å². The second kappa shape index (κ2) is 10.8. The summed E-state index contributed by atoms with van der Waals surface area (Å²) in [6.45, 7) is 4.86. The molecule has 0 radical (unpaired) electrons. The molecule has 0 aromatic heterocycles. The molecule has 0 bridgehead atoms. The predicted octanol–water partition coefficient (Wildman–Crippen LogP) is 4.67. The highest BCUT2D eigenvalue weighted by molar-refractivity contribution is 6.09. The van der Waals surface area contributed by atoms with Crippen LogP contribution in [0.15, 0.2) is 48.0 Å². The zero-order valence-corrected chi connectivity index (χ0v) is 17.2. The van der Waals surface area contributed by atoms with E-state index in [0.29, 0.717) is 41.0 Å². The molecular formula is C23H26N2O4. The molecule has 0 aliphatic heterocycles. The fourth-order valence-corrected chi connectivity index (χ4v) is 2.51. The highest BCUT2D eigenvalue weighted by atomic mass is 16.5. The number of hydrogen-bond donors (Lipinski definition) is 1. The second-order valence-electron chi connectivity index (χ2n) is 6.80. The molecule has 0 heterocycles. The van der Waals surface area contributed by atoms with Gasteiger partial charge in [0.2, 0.25) is 0 Å². The summed E-state index contributed by atoms with van der Waals surface area (Å²) in [4.78, 5) is 12.5. The number of amides is 1. The van der Waals surface area contributed by atoms with Crippen LogP contribution < -0.4 is 19.5 Å². The smallest absolute Gasteiger partial charge is 0.266 e. The van der Waals surface area contributed by atoms with Crippen molar-refractivity contribution in [2.75, 3.05) is 26.1 Å². The topological polar surface area (TPSA) is 80.6 Å². The van der Waals surface area contributed by atoms with E-state index >= 15 is 0 Å². The van der Waals surface area contributed by atoms with Crippen LogP contribution in [0.5, 0.6) is 17.2 Å². The lowest BCUT2D eigenvalue weighted by atomic mass is 10.1. The van der Waals surface area contributed by atoms with Crippen LogP contribution in [0.4, 0.5) is 5.69 Å². The van der Waals surface area contributed by atoms with E-state index in [1.54, 1.807) is 56.7 Å². The highest BCUT2D eigenvalue weighted by Gasteiger charge is 2.12. The monoisotopic (exact) mass is 394 g/mol. The number of ether oxygens (including phenoxy) is 3. The zero-order valence-electron chi connectivity index (χ0n) is 17.2. The third-order valence-electron chi connectivity index (χ3n) is 4.14. The van der Waals surface area contributed by atoms with E-state index in [-0.39, 0.29) is 5.57 Å². The van der Waals surface area contributed by atoms with Crippen molar-refractivity contribution in [3.05, 3.63) is 53.6 Å². The van der Waals surface area contributed by atoms with Gasteiger partial charge in [-0.2, -0.15) is 5.26 Å². The fraction of sp³-hybridized carbons (Fsp3) is 0.304. The van der Waals surface area contributed by atoms with Gasteiger partial charge in [-0.25, -0.2) is 0 Å². The molecule has 6 nitrogen and oxygen atoms in total. The number of methoxy groups -OCH3 is 2. The molecule has 2 rings (SSSR count). The molecule has 1 amide bonds. The Hall–Kier alpha value is -3.46. The number of benzene rings is 2. The molecule has 152 valence electrons. The van der Waals surface area contributed by atoms with Gasteiger partial charge in [0.1, 0.15) is 17.4 Å². The van der Waals surface area contributed by atoms with E-state index in [0.717, 1.165) is 6.42 Å². The summed E-state index contributed by atoms with van der Waals surface area (Å²) in [6, 6.07) is 14.2. The third-order valence-corrected chi connectivity index (χ3v) is 4.14. The molecule has 0 saturated carbocycles. The van der Waals surface area contributed by atoms with E-state index in [1.165, 1.54) is 6.08 Å². The molecule has 0 atom stereocenters. The summed E-state index contributed by atoms with van der Waals surface area (Å²) in [7, 11) is 3.10. The standard InChI is InChI=1S/C23H26N2O4/c1-16(2)10-11-29-21-9-8-17(13-22(21)28-4)12-18(15-24)23(26)25-19-6-5-7-20(14-19)27-3/h5-9,12-14,16H,10-11H2,1-4H3,(H,25,26)/b18-12+. The molecule has 2 aromatic rings. The number of anilines is 1. The van der Waals surface area contributed by atoms with Crippen LogP contribution in [-0.4, -0.2) is 26.7 Å². The first-order valence-corrected chi connectivity index (χ1v) is 9.34. The molecule has 6 heteroatoms. The Kier molecular flexibility index (Phi) is 8.11. The normalized spacial score (nSPS) is 11.0. The van der Waals surface area contributed by atoms with E-state index in [2.05, 4.69) is 19.2 Å². The number of hydrogen-bond acceptors (Lipinski definition) is 5. The number of rotatable bonds is 9. The van der Waals surface area contributed by atoms with Crippen LogP contribution in [0.25, 0.3) is 6.08 Å². The van der Waals surface area contributed by atoms with Crippen molar-refractivity contribution in [1.82, 2.24) is 0 Å². The van der Waals surface area contributed by atoms with Gasteiger partial charge >= 0.3 is 0 Å². The summed E-state index contributed by atoms with van der Waals surface area (Å²) in [5.74, 6) is 1.84. The SMILES string of the molecule is COc1cccc(NC(=O)/C(C#N)=C/c2ccc(OCCC(C)C)c(OC)c2)c1. The summed E-state index contributed by atoms with van der Waals surface area (Å²) in [5.41, 5.74) is 1.18. The van der Waals surface area contributed by atoms with Gasteiger partial charge in [0, 0.05) is 11.8 Å². The minimum absolute atomic E-state index is 0.0247. The predicted molar refractivity (Wildman–Crippen MR) is 113 cm³/mol. The highest BCUT2D eigenvalue weighted by Crippen LogP contribution is 2.29. The minimum atomic E-state index is -0.503. The Morgan fingerprint density at radius 3 is 2.59 bits per heavy atom. The lowest BCUT2D eigenvalue weighted by Gasteiger charge is -2.12. The van der Waals surface area contributed by atoms with E-state index in [1.807, 2.05) is 6.07 Å². The van der Waals surface area contributed by atoms with Crippen molar-refractivity contribution in [1.29, 1.82) is 5.26 Å². The van der Waals surface area contributed by atoms with Crippen LogP contribution in [0.3, 0.4) is 0 Å². The largest absolute Gasteiger partial charge is 0.497 e. The zero-order chi connectivity index (χ0) is 21.2. The molecule has 1 N–H and O–H groups in total. The van der Waals surface area contributed by atoms with E-state index in [4.69, 9.17) is 14.2 Å². The Labute approximate surface area is 171 Å². The van der Waals surface area contributed by atoms with Gasteiger partial charge in [-0.1, -0.05) is 26.0 Å². The quantitative estimate of drug-likeness (QED) is 0.494. The van der Waals surface area contributed by atoms with Crippen molar-refractivity contribution in [3.63, 3.8) is 0 Å². The number of nitrogens with one attached hydrogen (secondary N) is 1. The summed E-state index contributed by atoms with van der Waals surface area (Å²) in [5, 5.41) is 12.1. The first-order chi connectivity index (χ1) is 14.0. The number of nitriles is 1. The van der Waals surface area contributed by atoms with Crippen molar-refractivity contribution in [2.45, 2.75) is 20.3 Å². The molecule has 2 aromatic carbocycles. The first-order valence-electron chi connectivity index (χ1n) is 9.34. The molecule has 0 spiro atoms. The molecule has 0 aliphatic rings. The summed E-state index contributed by atoms with van der Waals surface area (Å²) in [6.07, 6.45) is 2.45. The molecule has 0 aliphatic carbocycles. The minimum Gasteiger partial charge on any atom is -0.497 e. The molecule has 0 saturated heterocycles. The van der Waals surface area contributed by atoms with Crippen LogP contribution in [0.2, 0.25) is 0 Å². The molecule has 0 fully saturated rings.